The highest BCUT2D eigenvalue weighted by Crippen LogP contribution is 2.23. The number of ether oxygens (including phenoxy) is 2. The van der Waals surface area contributed by atoms with Gasteiger partial charge in [0.1, 0.15) is 12.1 Å². The molecule has 3 rings (SSSR count). The predicted octanol–water partition coefficient (Wildman–Crippen LogP) is 4.34. The molecule has 160 valence electrons. The zero-order valence-corrected chi connectivity index (χ0v) is 17.6. The van der Waals surface area contributed by atoms with Gasteiger partial charge in [0.15, 0.2) is 0 Å². The smallest absolute Gasteiger partial charge is 0.408 e. The molecule has 1 amide bonds. The first-order chi connectivity index (χ1) is 14.9. The first kappa shape index (κ1) is 21.9. The van der Waals surface area contributed by atoms with Gasteiger partial charge < -0.3 is 20.5 Å². The molecular formula is C25H26N2O4. The number of rotatable bonds is 7. The molecule has 31 heavy (non-hydrogen) atoms. The largest absolute Gasteiger partial charge is 0.467 e. The average Bonchev–Trinajstić information content (AvgIpc) is 2.79. The molecule has 1 atom stereocenters. The van der Waals surface area contributed by atoms with Gasteiger partial charge in [0.2, 0.25) is 0 Å². The molecule has 0 spiro atoms. The van der Waals surface area contributed by atoms with E-state index >= 15 is 0 Å². The number of amides is 1. The van der Waals surface area contributed by atoms with Crippen molar-refractivity contribution in [1.82, 2.24) is 5.32 Å². The van der Waals surface area contributed by atoms with Crippen molar-refractivity contribution in [2.45, 2.75) is 25.5 Å². The normalized spacial score (nSPS) is 12.5. The van der Waals surface area contributed by atoms with Gasteiger partial charge in [-0.3, -0.25) is 0 Å². The van der Waals surface area contributed by atoms with E-state index in [2.05, 4.69) is 5.32 Å². The molecule has 0 aliphatic heterocycles. The number of carbonyl (C=O) groups excluding carboxylic acids is 2. The molecule has 3 aromatic carbocycles. The fourth-order valence-electron chi connectivity index (χ4n) is 3.28. The lowest BCUT2D eigenvalue weighted by Crippen LogP contribution is -2.54. The summed E-state index contributed by atoms with van der Waals surface area (Å²) < 4.78 is 10.2. The molecule has 0 aliphatic carbocycles. The van der Waals surface area contributed by atoms with Crippen molar-refractivity contribution in [3.63, 3.8) is 0 Å². The molecule has 0 radical (unpaired) electrons. The molecule has 0 saturated carbocycles. The van der Waals surface area contributed by atoms with Crippen LogP contribution in [0.2, 0.25) is 0 Å². The summed E-state index contributed by atoms with van der Waals surface area (Å²) in [5.74, 6) is -0.549. The van der Waals surface area contributed by atoms with Crippen LogP contribution in [-0.4, -0.2) is 24.7 Å². The number of benzene rings is 3. The zero-order chi connectivity index (χ0) is 22.3. The average molecular weight is 418 g/mol. The SMILES string of the molecule is COC(=O)[C@](C)(Cc1ccc(-c2ccc(N)cc2)cc1)NC(=O)OCc1ccccc1. The maximum absolute atomic E-state index is 12.5. The molecule has 0 aliphatic rings. The van der Waals surface area contributed by atoms with Crippen molar-refractivity contribution in [3.05, 3.63) is 90.0 Å². The summed E-state index contributed by atoms with van der Waals surface area (Å²) in [5, 5.41) is 2.67. The van der Waals surface area contributed by atoms with Crippen molar-refractivity contribution in [2.24, 2.45) is 0 Å². The summed E-state index contributed by atoms with van der Waals surface area (Å²) in [6.07, 6.45) is -0.433. The van der Waals surface area contributed by atoms with E-state index in [0.29, 0.717) is 5.69 Å². The van der Waals surface area contributed by atoms with Crippen molar-refractivity contribution >= 4 is 17.7 Å². The zero-order valence-electron chi connectivity index (χ0n) is 17.6. The molecule has 0 bridgehead atoms. The van der Waals surface area contributed by atoms with Gasteiger partial charge in [-0.1, -0.05) is 66.7 Å². The number of esters is 1. The third-order valence-electron chi connectivity index (χ3n) is 4.98. The van der Waals surface area contributed by atoms with Gasteiger partial charge in [-0.15, -0.1) is 0 Å². The van der Waals surface area contributed by atoms with Gasteiger partial charge in [0.25, 0.3) is 0 Å². The van der Waals surface area contributed by atoms with E-state index in [1.807, 2.05) is 78.9 Å². The molecule has 0 fully saturated rings. The van der Waals surface area contributed by atoms with Gasteiger partial charge in [0, 0.05) is 12.1 Å². The van der Waals surface area contributed by atoms with E-state index in [-0.39, 0.29) is 13.0 Å². The number of hydrogen-bond acceptors (Lipinski definition) is 5. The second kappa shape index (κ2) is 9.80. The number of nitrogens with two attached hydrogens (primary N) is 1. The number of nitrogen functional groups attached to an aromatic ring is 1. The molecule has 6 nitrogen and oxygen atoms in total. The lowest BCUT2D eigenvalue weighted by Gasteiger charge is -2.27. The monoisotopic (exact) mass is 418 g/mol. The van der Waals surface area contributed by atoms with E-state index in [4.69, 9.17) is 15.2 Å². The Balaban J connectivity index is 1.68. The number of methoxy groups -OCH3 is 1. The standard InChI is InChI=1S/C25H26N2O4/c1-25(23(28)30-2,27-24(29)31-17-19-6-4-3-5-7-19)16-18-8-10-20(11-9-18)21-12-14-22(26)15-13-21/h3-15H,16-17,26H2,1-2H3,(H,27,29)/t25-/m0/s1. The first-order valence-electron chi connectivity index (χ1n) is 9.92. The minimum Gasteiger partial charge on any atom is -0.467 e. The maximum atomic E-state index is 12.5. The van der Waals surface area contributed by atoms with Crippen LogP contribution in [0.5, 0.6) is 0 Å². The van der Waals surface area contributed by atoms with Gasteiger partial charge in [-0.25, -0.2) is 9.59 Å². The Morgan fingerprint density at radius 2 is 1.45 bits per heavy atom. The highest BCUT2D eigenvalue weighted by molar-refractivity contribution is 5.85. The summed E-state index contributed by atoms with van der Waals surface area (Å²) in [7, 11) is 1.29. The Kier molecular flexibility index (Phi) is 6.92. The van der Waals surface area contributed by atoms with E-state index in [1.165, 1.54) is 7.11 Å². The Labute approximate surface area is 182 Å². The number of nitrogens with one attached hydrogen (secondary N) is 1. The van der Waals surface area contributed by atoms with Crippen molar-refractivity contribution in [2.75, 3.05) is 12.8 Å². The molecule has 6 heteroatoms. The van der Waals surface area contributed by atoms with E-state index in [1.54, 1.807) is 6.92 Å². The van der Waals surface area contributed by atoms with Gasteiger partial charge in [-0.05, 0) is 41.3 Å². The number of alkyl carbamates (subject to hydrolysis) is 1. The number of carbonyl (C=O) groups is 2. The molecule has 0 unspecified atom stereocenters. The van der Waals surface area contributed by atoms with Crippen LogP contribution in [0.3, 0.4) is 0 Å². The van der Waals surface area contributed by atoms with Crippen LogP contribution in [0.25, 0.3) is 11.1 Å². The third kappa shape index (κ3) is 5.85. The Morgan fingerprint density at radius 3 is 2.03 bits per heavy atom. The highest BCUT2D eigenvalue weighted by atomic mass is 16.6. The lowest BCUT2D eigenvalue weighted by atomic mass is 9.92. The predicted molar refractivity (Wildman–Crippen MR) is 120 cm³/mol. The minimum atomic E-state index is -1.27. The molecule has 0 saturated heterocycles. The van der Waals surface area contributed by atoms with Crippen molar-refractivity contribution in [1.29, 1.82) is 0 Å². The van der Waals surface area contributed by atoms with Crippen molar-refractivity contribution < 1.29 is 19.1 Å². The fourth-order valence-corrected chi connectivity index (χ4v) is 3.28. The van der Waals surface area contributed by atoms with Gasteiger partial charge >= 0.3 is 12.1 Å². The minimum absolute atomic E-state index is 0.111. The van der Waals surface area contributed by atoms with Crippen LogP contribution in [0, 0.1) is 0 Å². The van der Waals surface area contributed by atoms with Crippen LogP contribution >= 0.6 is 0 Å². The maximum Gasteiger partial charge on any atom is 0.408 e. The highest BCUT2D eigenvalue weighted by Gasteiger charge is 2.37. The lowest BCUT2D eigenvalue weighted by molar-refractivity contribution is -0.147. The Bertz CT molecular complexity index is 1020. The van der Waals surface area contributed by atoms with Crippen LogP contribution in [0.1, 0.15) is 18.1 Å². The number of anilines is 1. The van der Waals surface area contributed by atoms with Crippen LogP contribution in [0.15, 0.2) is 78.9 Å². The first-order valence-corrected chi connectivity index (χ1v) is 9.92. The Morgan fingerprint density at radius 1 is 0.871 bits per heavy atom. The second-order valence-electron chi connectivity index (χ2n) is 7.51. The topological polar surface area (TPSA) is 90.6 Å². The third-order valence-corrected chi connectivity index (χ3v) is 4.98. The molecule has 3 aromatic rings. The van der Waals surface area contributed by atoms with E-state index in [9.17, 15) is 9.59 Å². The van der Waals surface area contributed by atoms with Crippen molar-refractivity contribution in [3.8, 4) is 11.1 Å². The molecular weight excluding hydrogens is 392 g/mol. The molecule has 0 heterocycles. The summed E-state index contributed by atoms with van der Waals surface area (Å²) in [6, 6.07) is 24.7. The van der Waals surface area contributed by atoms with Crippen LogP contribution in [-0.2, 0) is 27.3 Å². The second-order valence-corrected chi connectivity index (χ2v) is 7.51. The summed E-state index contributed by atoms with van der Waals surface area (Å²) in [5.41, 5.74) is 8.98. The van der Waals surface area contributed by atoms with Gasteiger partial charge in [0.05, 0.1) is 7.11 Å². The van der Waals surface area contributed by atoms with E-state index in [0.717, 1.165) is 22.3 Å². The van der Waals surface area contributed by atoms with E-state index < -0.39 is 17.6 Å². The van der Waals surface area contributed by atoms with Crippen LogP contribution < -0.4 is 11.1 Å². The summed E-state index contributed by atoms with van der Waals surface area (Å²) in [4.78, 5) is 24.8. The summed E-state index contributed by atoms with van der Waals surface area (Å²) >= 11 is 0. The Hall–Kier alpha value is -3.80. The van der Waals surface area contributed by atoms with Gasteiger partial charge in [-0.2, -0.15) is 0 Å². The quantitative estimate of drug-likeness (QED) is 0.440. The molecule has 3 N–H and O–H groups in total. The van der Waals surface area contributed by atoms with Crippen LogP contribution in [0.4, 0.5) is 10.5 Å². The molecule has 0 aromatic heterocycles. The fraction of sp³-hybridized carbons (Fsp3) is 0.200. The summed E-state index contributed by atoms with van der Waals surface area (Å²) in [6.45, 7) is 1.73. The number of hydrogen-bond donors (Lipinski definition) is 2.